The van der Waals surface area contributed by atoms with E-state index in [0.717, 1.165) is 5.56 Å². The smallest absolute Gasteiger partial charge is 0.0914 e. The van der Waals surface area contributed by atoms with Gasteiger partial charge in [-0.2, -0.15) is 11.8 Å². The van der Waals surface area contributed by atoms with Crippen LogP contribution in [0.15, 0.2) is 30.3 Å². The van der Waals surface area contributed by atoms with Crippen LogP contribution in [0.25, 0.3) is 0 Å². The lowest BCUT2D eigenvalue weighted by atomic mass is 9.94. The van der Waals surface area contributed by atoms with Gasteiger partial charge in [0.15, 0.2) is 0 Å². The molecule has 18 heavy (non-hydrogen) atoms. The van der Waals surface area contributed by atoms with Gasteiger partial charge < -0.3 is 10.4 Å². The monoisotopic (exact) mass is 265 g/mol. The predicted molar refractivity (Wildman–Crippen MR) is 79.0 cm³/mol. The number of aliphatic hydroxyl groups is 1. The maximum Gasteiger partial charge on any atom is 0.0914 e. The molecule has 0 spiro atoms. The first-order valence-electron chi connectivity index (χ1n) is 6.80. The Bertz CT molecular complexity index is 344. The van der Waals surface area contributed by atoms with Gasteiger partial charge in [-0.1, -0.05) is 43.2 Å². The highest BCUT2D eigenvalue weighted by Crippen LogP contribution is 2.27. The fourth-order valence-electron chi connectivity index (χ4n) is 2.67. The third kappa shape index (κ3) is 3.74. The molecule has 1 aliphatic rings. The van der Waals surface area contributed by atoms with Crippen LogP contribution in [0.3, 0.4) is 0 Å². The van der Waals surface area contributed by atoms with Crippen molar-refractivity contribution in [3.8, 4) is 0 Å². The van der Waals surface area contributed by atoms with E-state index in [1.54, 1.807) is 0 Å². The highest BCUT2D eigenvalue weighted by molar-refractivity contribution is 7.99. The molecule has 0 aromatic heterocycles. The quantitative estimate of drug-likeness (QED) is 0.858. The van der Waals surface area contributed by atoms with E-state index in [4.69, 9.17) is 0 Å². The van der Waals surface area contributed by atoms with Crippen LogP contribution in [0.4, 0.5) is 0 Å². The van der Waals surface area contributed by atoms with Gasteiger partial charge in [-0.05, 0) is 24.7 Å². The lowest BCUT2D eigenvalue weighted by Gasteiger charge is -2.31. The highest BCUT2D eigenvalue weighted by atomic mass is 32.2. The third-order valence-electron chi connectivity index (χ3n) is 3.76. The molecule has 1 aromatic rings. The van der Waals surface area contributed by atoms with E-state index in [1.165, 1.54) is 25.7 Å². The molecule has 3 atom stereocenters. The summed E-state index contributed by atoms with van der Waals surface area (Å²) in [6.45, 7) is 0.658. The zero-order valence-electron chi connectivity index (χ0n) is 11.0. The molecular formula is C15H23NOS. The van der Waals surface area contributed by atoms with Gasteiger partial charge in [0, 0.05) is 17.8 Å². The molecule has 0 aliphatic heterocycles. The first kappa shape index (κ1) is 13.9. The van der Waals surface area contributed by atoms with Gasteiger partial charge in [0.1, 0.15) is 0 Å². The molecule has 0 radical (unpaired) electrons. The molecule has 100 valence electrons. The maximum absolute atomic E-state index is 10.1. The second-order valence-corrected chi connectivity index (χ2v) is 6.08. The van der Waals surface area contributed by atoms with Gasteiger partial charge in [-0.3, -0.25) is 0 Å². The molecule has 1 aliphatic carbocycles. The summed E-state index contributed by atoms with van der Waals surface area (Å²) in [5, 5.41) is 14.4. The summed E-state index contributed by atoms with van der Waals surface area (Å²) in [7, 11) is 0. The van der Waals surface area contributed by atoms with E-state index in [-0.39, 0.29) is 0 Å². The van der Waals surface area contributed by atoms with Crippen LogP contribution in [0, 0.1) is 0 Å². The van der Waals surface area contributed by atoms with E-state index >= 15 is 0 Å². The van der Waals surface area contributed by atoms with Gasteiger partial charge in [0.2, 0.25) is 0 Å². The second-order valence-electron chi connectivity index (χ2n) is 5.00. The number of aliphatic hydroxyl groups excluding tert-OH is 1. The molecule has 0 bridgehead atoms. The summed E-state index contributed by atoms with van der Waals surface area (Å²) >= 11 is 1.96. The zero-order chi connectivity index (χ0) is 12.8. The molecule has 2 rings (SSSR count). The fraction of sp³-hybridized carbons (Fsp3) is 0.600. The van der Waals surface area contributed by atoms with Crippen LogP contribution in [-0.2, 0) is 0 Å². The van der Waals surface area contributed by atoms with Gasteiger partial charge in [-0.25, -0.2) is 0 Å². The molecule has 0 amide bonds. The van der Waals surface area contributed by atoms with Crippen molar-refractivity contribution < 1.29 is 5.11 Å². The predicted octanol–water partition coefficient (Wildman–Crippen LogP) is 2.98. The Morgan fingerprint density at radius 2 is 2.00 bits per heavy atom. The van der Waals surface area contributed by atoms with Crippen LogP contribution >= 0.6 is 11.8 Å². The van der Waals surface area contributed by atoms with E-state index in [2.05, 4.69) is 11.6 Å². The molecule has 2 nitrogen and oxygen atoms in total. The molecule has 0 saturated heterocycles. The number of thioether (sulfide) groups is 1. The van der Waals surface area contributed by atoms with Crippen molar-refractivity contribution in [1.82, 2.24) is 5.32 Å². The Kier molecular flexibility index (Phi) is 5.54. The van der Waals surface area contributed by atoms with Crippen molar-refractivity contribution >= 4 is 11.8 Å². The number of rotatable bonds is 5. The van der Waals surface area contributed by atoms with Crippen molar-refractivity contribution in [1.29, 1.82) is 0 Å². The highest BCUT2D eigenvalue weighted by Gasteiger charge is 2.24. The number of hydrogen-bond acceptors (Lipinski definition) is 3. The number of benzene rings is 1. The molecular weight excluding hydrogens is 242 g/mol. The largest absolute Gasteiger partial charge is 0.387 e. The van der Waals surface area contributed by atoms with Crippen molar-refractivity contribution in [2.45, 2.75) is 43.1 Å². The average Bonchev–Trinajstić information content (AvgIpc) is 2.46. The molecule has 1 saturated carbocycles. The van der Waals surface area contributed by atoms with Gasteiger partial charge in [0.25, 0.3) is 0 Å². The summed E-state index contributed by atoms with van der Waals surface area (Å²) in [4.78, 5) is 0. The normalized spacial score (nSPS) is 25.9. The minimum absolute atomic E-state index is 0.393. The average molecular weight is 265 g/mol. The van der Waals surface area contributed by atoms with Crippen molar-refractivity contribution in [3.05, 3.63) is 35.9 Å². The molecule has 0 heterocycles. The fourth-order valence-corrected chi connectivity index (χ4v) is 3.63. The van der Waals surface area contributed by atoms with Crippen molar-refractivity contribution in [2.24, 2.45) is 0 Å². The summed E-state index contributed by atoms with van der Waals surface area (Å²) in [6.07, 6.45) is 7.02. The van der Waals surface area contributed by atoms with E-state index in [9.17, 15) is 5.11 Å². The van der Waals surface area contributed by atoms with Crippen LogP contribution in [-0.4, -0.2) is 29.2 Å². The Balaban J connectivity index is 1.83. The SMILES string of the molecule is CSC1CCCCC1NCC(O)c1ccccc1. The summed E-state index contributed by atoms with van der Waals surface area (Å²) < 4.78 is 0. The van der Waals surface area contributed by atoms with Gasteiger partial charge in [-0.15, -0.1) is 0 Å². The Morgan fingerprint density at radius 1 is 1.28 bits per heavy atom. The number of nitrogens with one attached hydrogen (secondary N) is 1. The van der Waals surface area contributed by atoms with Crippen LogP contribution in [0.1, 0.15) is 37.4 Å². The molecule has 3 unspecified atom stereocenters. The lowest BCUT2D eigenvalue weighted by molar-refractivity contribution is 0.166. The van der Waals surface area contributed by atoms with E-state index in [1.807, 2.05) is 42.1 Å². The van der Waals surface area contributed by atoms with Crippen LogP contribution in [0.5, 0.6) is 0 Å². The molecule has 1 fully saturated rings. The van der Waals surface area contributed by atoms with Crippen LogP contribution in [0.2, 0.25) is 0 Å². The number of hydrogen-bond donors (Lipinski definition) is 2. The van der Waals surface area contributed by atoms with Crippen LogP contribution < -0.4 is 5.32 Å². The zero-order valence-corrected chi connectivity index (χ0v) is 11.8. The maximum atomic E-state index is 10.1. The lowest BCUT2D eigenvalue weighted by Crippen LogP contribution is -2.42. The van der Waals surface area contributed by atoms with E-state index < -0.39 is 6.10 Å². The Labute approximate surface area is 114 Å². The summed E-state index contributed by atoms with van der Waals surface area (Å²) in [5.74, 6) is 0. The minimum Gasteiger partial charge on any atom is -0.387 e. The standard InChI is InChI=1S/C15H23NOS/c1-18-15-10-6-5-9-13(15)16-11-14(17)12-7-3-2-4-8-12/h2-4,7-8,13-17H,5-6,9-11H2,1H3. The van der Waals surface area contributed by atoms with Crippen molar-refractivity contribution in [2.75, 3.05) is 12.8 Å². The second kappa shape index (κ2) is 7.17. The van der Waals surface area contributed by atoms with Gasteiger partial charge >= 0.3 is 0 Å². The topological polar surface area (TPSA) is 32.3 Å². The first-order chi connectivity index (χ1) is 8.81. The summed E-state index contributed by atoms with van der Waals surface area (Å²) in [6, 6.07) is 10.5. The molecule has 1 aromatic carbocycles. The third-order valence-corrected chi connectivity index (χ3v) is 4.93. The van der Waals surface area contributed by atoms with E-state index in [0.29, 0.717) is 17.8 Å². The Morgan fingerprint density at radius 3 is 2.72 bits per heavy atom. The minimum atomic E-state index is -0.393. The molecule has 2 N–H and O–H groups in total. The Hall–Kier alpha value is -0.510. The summed E-state index contributed by atoms with van der Waals surface area (Å²) in [5.41, 5.74) is 1.00. The van der Waals surface area contributed by atoms with Gasteiger partial charge in [0.05, 0.1) is 6.10 Å². The first-order valence-corrected chi connectivity index (χ1v) is 8.09. The van der Waals surface area contributed by atoms with Crippen molar-refractivity contribution in [3.63, 3.8) is 0 Å². The molecule has 3 heteroatoms.